The van der Waals surface area contributed by atoms with Crippen LogP contribution in [0.4, 0.5) is 0 Å². The molecule has 24 heavy (non-hydrogen) atoms. The lowest BCUT2D eigenvalue weighted by Gasteiger charge is -2.28. The Hall–Kier alpha value is -2.04. The summed E-state index contributed by atoms with van der Waals surface area (Å²) in [6.07, 6.45) is 0.975. The number of hydrogen-bond acceptors (Lipinski definition) is 4. The van der Waals surface area contributed by atoms with Gasteiger partial charge >= 0.3 is 0 Å². The Morgan fingerprint density at radius 1 is 1.00 bits per heavy atom. The minimum Gasteiger partial charge on any atom is -0.497 e. The van der Waals surface area contributed by atoms with Crippen molar-refractivity contribution in [2.24, 2.45) is 0 Å². The molecular formula is C20H25NO3. The fourth-order valence-electron chi connectivity index (χ4n) is 2.92. The van der Waals surface area contributed by atoms with E-state index in [2.05, 4.69) is 29.2 Å². The van der Waals surface area contributed by atoms with Crippen molar-refractivity contribution in [2.45, 2.75) is 12.5 Å². The van der Waals surface area contributed by atoms with E-state index < -0.39 is 0 Å². The van der Waals surface area contributed by atoms with Gasteiger partial charge in [-0.2, -0.15) is 0 Å². The van der Waals surface area contributed by atoms with Gasteiger partial charge in [0.2, 0.25) is 0 Å². The molecule has 0 radical (unpaired) electrons. The van der Waals surface area contributed by atoms with Crippen molar-refractivity contribution in [3.05, 3.63) is 60.2 Å². The SMILES string of the molecule is COc1cccc(OC(CCN2CCOCC2)c2ccccc2)c1. The number of methoxy groups -OCH3 is 1. The molecular weight excluding hydrogens is 302 g/mol. The Balaban J connectivity index is 1.69. The second-order valence-electron chi connectivity index (χ2n) is 5.94. The van der Waals surface area contributed by atoms with E-state index in [0.717, 1.165) is 50.8 Å². The van der Waals surface area contributed by atoms with Crippen molar-refractivity contribution in [1.29, 1.82) is 0 Å². The highest BCUT2D eigenvalue weighted by atomic mass is 16.5. The van der Waals surface area contributed by atoms with Crippen molar-refractivity contribution in [2.75, 3.05) is 40.0 Å². The highest BCUT2D eigenvalue weighted by molar-refractivity contribution is 5.33. The van der Waals surface area contributed by atoms with Gasteiger partial charge in [0.25, 0.3) is 0 Å². The number of morpholine rings is 1. The average molecular weight is 327 g/mol. The molecule has 4 heteroatoms. The molecule has 2 aromatic carbocycles. The second kappa shape index (κ2) is 8.71. The van der Waals surface area contributed by atoms with Crippen LogP contribution < -0.4 is 9.47 Å². The van der Waals surface area contributed by atoms with Crippen LogP contribution in [0.3, 0.4) is 0 Å². The minimum atomic E-state index is 0.0288. The zero-order valence-electron chi connectivity index (χ0n) is 14.2. The van der Waals surface area contributed by atoms with Crippen LogP contribution in [0.15, 0.2) is 54.6 Å². The van der Waals surface area contributed by atoms with Crippen molar-refractivity contribution in [1.82, 2.24) is 4.90 Å². The summed E-state index contributed by atoms with van der Waals surface area (Å²) < 4.78 is 17.0. The number of benzene rings is 2. The summed E-state index contributed by atoms with van der Waals surface area (Å²) in [5, 5.41) is 0. The van der Waals surface area contributed by atoms with E-state index in [0.29, 0.717) is 0 Å². The van der Waals surface area contributed by atoms with Gasteiger partial charge in [0.05, 0.1) is 20.3 Å². The lowest BCUT2D eigenvalue weighted by molar-refractivity contribution is 0.0317. The van der Waals surface area contributed by atoms with Gasteiger partial charge in [-0.25, -0.2) is 0 Å². The normalized spacial score (nSPS) is 16.5. The standard InChI is InChI=1S/C20H25NO3/c1-22-18-8-5-9-19(16-18)24-20(17-6-3-2-4-7-17)10-11-21-12-14-23-15-13-21/h2-9,16,20H,10-15H2,1H3. The molecule has 2 aromatic rings. The predicted octanol–water partition coefficient (Wildman–Crippen LogP) is 3.54. The minimum absolute atomic E-state index is 0.0288. The second-order valence-corrected chi connectivity index (χ2v) is 5.94. The first-order chi connectivity index (χ1) is 11.8. The van der Waals surface area contributed by atoms with Gasteiger partial charge in [-0.05, 0) is 17.7 Å². The van der Waals surface area contributed by atoms with Gasteiger partial charge in [-0.1, -0.05) is 36.4 Å². The van der Waals surface area contributed by atoms with Crippen LogP contribution in [0.25, 0.3) is 0 Å². The first kappa shape index (κ1) is 16.8. The molecule has 1 atom stereocenters. The first-order valence-corrected chi connectivity index (χ1v) is 8.51. The maximum atomic E-state index is 6.30. The molecule has 1 unspecified atom stereocenters. The van der Waals surface area contributed by atoms with Crippen molar-refractivity contribution in [3.63, 3.8) is 0 Å². The fourth-order valence-corrected chi connectivity index (χ4v) is 2.92. The summed E-state index contributed by atoms with van der Waals surface area (Å²) in [5.41, 5.74) is 1.20. The van der Waals surface area contributed by atoms with Gasteiger partial charge in [0, 0.05) is 32.1 Å². The summed E-state index contributed by atoms with van der Waals surface area (Å²) in [6, 6.07) is 18.2. The van der Waals surface area contributed by atoms with Crippen LogP contribution in [0.2, 0.25) is 0 Å². The Morgan fingerprint density at radius 2 is 1.75 bits per heavy atom. The summed E-state index contributed by atoms with van der Waals surface area (Å²) >= 11 is 0. The first-order valence-electron chi connectivity index (χ1n) is 8.51. The predicted molar refractivity (Wildman–Crippen MR) is 94.7 cm³/mol. The van der Waals surface area contributed by atoms with Gasteiger partial charge in [0.15, 0.2) is 0 Å². The monoisotopic (exact) mass is 327 g/mol. The van der Waals surface area contributed by atoms with Crippen LogP contribution in [0.1, 0.15) is 18.1 Å². The molecule has 0 aliphatic carbocycles. The van der Waals surface area contributed by atoms with E-state index in [4.69, 9.17) is 14.2 Å². The molecule has 0 bridgehead atoms. The topological polar surface area (TPSA) is 30.9 Å². The smallest absolute Gasteiger partial charge is 0.125 e. The molecule has 128 valence electrons. The van der Waals surface area contributed by atoms with Crippen molar-refractivity contribution < 1.29 is 14.2 Å². The average Bonchev–Trinajstić information content (AvgIpc) is 2.67. The number of nitrogens with zero attached hydrogens (tertiary/aromatic N) is 1. The van der Waals surface area contributed by atoms with Crippen LogP contribution in [-0.4, -0.2) is 44.9 Å². The Labute approximate surface area is 144 Å². The molecule has 0 saturated carbocycles. The van der Waals surface area contributed by atoms with Gasteiger partial charge in [0.1, 0.15) is 17.6 Å². The number of hydrogen-bond donors (Lipinski definition) is 0. The maximum absolute atomic E-state index is 6.30. The quantitative estimate of drug-likeness (QED) is 0.778. The van der Waals surface area contributed by atoms with E-state index in [1.54, 1.807) is 7.11 Å². The van der Waals surface area contributed by atoms with Crippen molar-refractivity contribution >= 4 is 0 Å². The molecule has 4 nitrogen and oxygen atoms in total. The van der Waals surface area contributed by atoms with E-state index >= 15 is 0 Å². The Kier molecular flexibility index (Phi) is 6.10. The van der Waals surface area contributed by atoms with Gasteiger partial charge in [-0.3, -0.25) is 4.90 Å². The van der Waals surface area contributed by atoms with Gasteiger partial charge in [-0.15, -0.1) is 0 Å². The molecule has 0 aromatic heterocycles. The molecule has 0 amide bonds. The number of ether oxygens (including phenoxy) is 3. The fraction of sp³-hybridized carbons (Fsp3) is 0.400. The van der Waals surface area contributed by atoms with E-state index in [1.165, 1.54) is 5.56 Å². The van der Waals surface area contributed by atoms with E-state index in [1.807, 2.05) is 30.3 Å². The van der Waals surface area contributed by atoms with E-state index in [9.17, 15) is 0 Å². The van der Waals surface area contributed by atoms with Crippen molar-refractivity contribution in [3.8, 4) is 11.5 Å². The largest absolute Gasteiger partial charge is 0.497 e. The zero-order chi connectivity index (χ0) is 16.6. The molecule has 0 spiro atoms. The zero-order valence-corrected chi connectivity index (χ0v) is 14.2. The summed E-state index contributed by atoms with van der Waals surface area (Å²) in [5.74, 6) is 1.65. The molecule has 0 N–H and O–H groups in total. The molecule has 1 fully saturated rings. The molecule has 1 heterocycles. The highest BCUT2D eigenvalue weighted by Crippen LogP contribution is 2.27. The van der Waals surface area contributed by atoms with Crippen LogP contribution >= 0.6 is 0 Å². The lowest BCUT2D eigenvalue weighted by atomic mass is 10.1. The van der Waals surface area contributed by atoms with Crippen LogP contribution in [0, 0.1) is 0 Å². The van der Waals surface area contributed by atoms with Crippen LogP contribution in [0.5, 0.6) is 11.5 Å². The molecule has 1 aliphatic rings. The molecule has 1 aliphatic heterocycles. The Morgan fingerprint density at radius 3 is 2.50 bits per heavy atom. The number of rotatable bonds is 7. The Bertz CT molecular complexity index is 611. The van der Waals surface area contributed by atoms with E-state index in [-0.39, 0.29) is 6.10 Å². The van der Waals surface area contributed by atoms with Gasteiger partial charge < -0.3 is 14.2 Å². The third-order valence-corrected chi connectivity index (χ3v) is 4.30. The van der Waals surface area contributed by atoms with Crippen LogP contribution in [-0.2, 0) is 4.74 Å². The third-order valence-electron chi connectivity index (χ3n) is 4.30. The molecule has 1 saturated heterocycles. The maximum Gasteiger partial charge on any atom is 0.125 e. The lowest BCUT2D eigenvalue weighted by Crippen LogP contribution is -2.37. The summed E-state index contributed by atoms with van der Waals surface area (Å²) in [7, 11) is 1.67. The summed E-state index contributed by atoms with van der Waals surface area (Å²) in [4.78, 5) is 2.44. The summed E-state index contributed by atoms with van der Waals surface area (Å²) in [6.45, 7) is 4.66. The molecule has 3 rings (SSSR count). The highest BCUT2D eigenvalue weighted by Gasteiger charge is 2.17. The third kappa shape index (κ3) is 4.73.